The van der Waals surface area contributed by atoms with Crippen molar-refractivity contribution in [3.63, 3.8) is 0 Å². The number of hydrogen-bond donors (Lipinski definition) is 1. The fraction of sp³-hybridized carbons (Fsp3) is 0.182. The van der Waals surface area contributed by atoms with E-state index in [-0.39, 0.29) is 0 Å². The summed E-state index contributed by atoms with van der Waals surface area (Å²) >= 11 is 1.49. The number of benzene rings is 2. The Kier molecular flexibility index (Phi) is 4.88. The molecule has 7 heteroatoms. The summed E-state index contributed by atoms with van der Waals surface area (Å²) in [6, 6.07) is 13.1. The molecule has 2 heterocycles. The molecule has 148 valence electrons. The lowest BCUT2D eigenvalue weighted by Gasteiger charge is -2.16. The molecule has 5 nitrogen and oxygen atoms in total. The molecule has 1 N–H and O–H groups in total. The third kappa shape index (κ3) is 3.63. The Hall–Kier alpha value is -2.77. The van der Waals surface area contributed by atoms with E-state index in [9.17, 15) is 8.42 Å². The van der Waals surface area contributed by atoms with Crippen molar-refractivity contribution in [1.29, 1.82) is 0 Å². The van der Waals surface area contributed by atoms with Gasteiger partial charge in [-0.25, -0.2) is 18.4 Å². The Balaban J connectivity index is 1.76. The number of thiazole rings is 1. The average molecular weight is 424 g/mol. The number of anilines is 1. The first-order valence-electron chi connectivity index (χ1n) is 9.18. The summed E-state index contributed by atoms with van der Waals surface area (Å²) in [4.78, 5) is 10.2. The van der Waals surface area contributed by atoms with E-state index >= 15 is 0 Å². The van der Waals surface area contributed by atoms with E-state index in [1.54, 1.807) is 12.3 Å². The standard InChI is InChI=1S/C22H21N3O2S2/c1-13-11-14(2)20(15(3)12-13)29(26,27)25-18-8-5-7-17(16(18)4)21-24-19-9-6-10-23-22(19)28-21/h5-12,25H,1-4H3. The molecule has 0 radical (unpaired) electrons. The van der Waals surface area contributed by atoms with Gasteiger partial charge in [0, 0.05) is 11.8 Å². The van der Waals surface area contributed by atoms with Gasteiger partial charge < -0.3 is 0 Å². The summed E-state index contributed by atoms with van der Waals surface area (Å²) in [5, 5.41) is 0.819. The molecule has 4 aromatic rings. The molecular weight excluding hydrogens is 402 g/mol. The molecule has 0 aliphatic carbocycles. The predicted molar refractivity (Wildman–Crippen MR) is 119 cm³/mol. The van der Waals surface area contributed by atoms with Crippen LogP contribution < -0.4 is 4.72 Å². The van der Waals surface area contributed by atoms with E-state index in [1.807, 2.05) is 64.1 Å². The van der Waals surface area contributed by atoms with E-state index in [4.69, 9.17) is 0 Å². The van der Waals surface area contributed by atoms with E-state index in [0.29, 0.717) is 10.6 Å². The highest BCUT2D eigenvalue weighted by Crippen LogP contribution is 2.34. The summed E-state index contributed by atoms with van der Waals surface area (Å²) in [7, 11) is -3.72. The van der Waals surface area contributed by atoms with Crippen molar-refractivity contribution in [2.75, 3.05) is 4.72 Å². The van der Waals surface area contributed by atoms with Gasteiger partial charge in [0.15, 0.2) is 0 Å². The highest BCUT2D eigenvalue weighted by Gasteiger charge is 2.22. The Labute approximate surface area is 174 Å². The van der Waals surface area contributed by atoms with Crippen LogP contribution in [0.25, 0.3) is 20.9 Å². The normalized spacial score (nSPS) is 11.7. The fourth-order valence-corrected chi connectivity index (χ4v) is 6.22. The Morgan fingerprint density at radius 1 is 0.966 bits per heavy atom. The van der Waals surface area contributed by atoms with Gasteiger partial charge in [0.1, 0.15) is 15.4 Å². The van der Waals surface area contributed by atoms with Crippen LogP contribution in [0.4, 0.5) is 5.69 Å². The van der Waals surface area contributed by atoms with Crippen molar-refractivity contribution in [3.8, 4) is 10.6 Å². The van der Waals surface area contributed by atoms with E-state index in [0.717, 1.165) is 43.2 Å². The Morgan fingerprint density at radius 3 is 2.38 bits per heavy atom. The molecule has 2 aromatic carbocycles. The summed E-state index contributed by atoms with van der Waals surface area (Å²) < 4.78 is 29.1. The zero-order valence-corrected chi connectivity index (χ0v) is 18.3. The zero-order valence-electron chi connectivity index (χ0n) is 16.6. The van der Waals surface area contributed by atoms with Gasteiger partial charge in [-0.1, -0.05) is 41.2 Å². The molecular formula is C22H21N3O2S2. The average Bonchev–Trinajstić information content (AvgIpc) is 3.06. The number of pyridine rings is 1. The van der Waals surface area contributed by atoms with Crippen LogP contribution in [0.15, 0.2) is 53.6 Å². The summed E-state index contributed by atoms with van der Waals surface area (Å²) in [5.41, 5.74) is 5.63. The predicted octanol–water partition coefficient (Wildman–Crippen LogP) is 5.39. The van der Waals surface area contributed by atoms with Gasteiger partial charge in [-0.2, -0.15) is 0 Å². The van der Waals surface area contributed by atoms with Gasteiger partial charge in [0.25, 0.3) is 10.0 Å². The van der Waals surface area contributed by atoms with Crippen LogP contribution in [0.1, 0.15) is 22.3 Å². The van der Waals surface area contributed by atoms with Crippen molar-refractivity contribution in [2.45, 2.75) is 32.6 Å². The number of sulfonamides is 1. The minimum absolute atomic E-state index is 0.331. The van der Waals surface area contributed by atoms with Crippen LogP contribution in [0.3, 0.4) is 0 Å². The molecule has 0 atom stereocenters. The zero-order chi connectivity index (χ0) is 20.8. The van der Waals surface area contributed by atoms with E-state index < -0.39 is 10.0 Å². The molecule has 0 saturated carbocycles. The topological polar surface area (TPSA) is 72.0 Å². The van der Waals surface area contributed by atoms with Crippen LogP contribution in [0, 0.1) is 27.7 Å². The number of aromatic nitrogens is 2. The number of aryl methyl sites for hydroxylation is 3. The van der Waals surface area contributed by atoms with Crippen LogP contribution in [0.2, 0.25) is 0 Å². The van der Waals surface area contributed by atoms with Crippen molar-refractivity contribution < 1.29 is 8.42 Å². The second-order valence-corrected chi connectivity index (χ2v) is 9.75. The Bertz CT molecular complexity index is 1290. The van der Waals surface area contributed by atoms with Gasteiger partial charge in [0.2, 0.25) is 0 Å². The molecule has 0 aliphatic rings. The maximum atomic E-state index is 13.2. The van der Waals surface area contributed by atoms with Gasteiger partial charge >= 0.3 is 0 Å². The molecule has 4 rings (SSSR count). The monoisotopic (exact) mass is 423 g/mol. The molecule has 29 heavy (non-hydrogen) atoms. The second kappa shape index (κ2) is 7.24. The van der Waals surface area contributed by atoms with Crippen molar-refractivity contribution in [2.24, 2.45) is 0 Å². The van der Waals surface area contributed by atoms with Crippen molar-refractivity contribution >= 4 is 37.4 Å². The minimum atomic E-state index is -3.72. The molecule has 0 unspecified atom stereocenters. The number of nitrogens with one attached hydrogen (secondary N) is 1. The third-order valence-electron chi connectivity index (χ3n) is 4.85. The van der Waals surface area contributed by atoms with Gasteiger partial charge in [-0.05, 0) is 62.6 Å². The SMILES string of the molecule is Cc1cc(C)c(S(=O)(=O)Nc2cccc(-c3nc4cccnc4s3)c2C)c(C)c1. The van der Waals surface area contributed by atoms with E-state index in [1.165, 1.54) is 11.3 Å². The lowest BCUT2D eigenvalue weighted by atomic mass is 10.1. The molecule has 0 spiro atoms. The van der Waals surface area contributed by atoms with Crippen LogP contribution >= 0.6 is 11.3 Å². The lowest BCUT2D eigenvalue weighted by molar-refractivity contribution is 0.600. The van der Waals surface area contributed by atoms with Gasteiger partial charge in [-0.15, -0.1) is 0 Å². The minimum Gasteiger partial charge on any atom is -0.279 e. The third-order valence-corrected chi connectivity index (χ3v) is 7.53. The molecule has 0 aliphatic heterocycles. The maximum absolute atomic E-state index is 13.2. The highest BCUT2D eigenvalue weighted by atomic mass is 32.2. The quantitative estimate of drug-likeness (QED) is 0.477. The maximum Gasteiger partial charge on any atom is 0.262 e. The van der Waals surface area contributed by atoms with Crippen LogP contribution in [0.5, 0.6) is 0 Å². The van der Waals surface area contributed by atoms with Gasteiger partial charge in [0.05, 0.1) is 10.6 Å². The second-order valence-electron chi connectivity index (χ2n) is 7.16. The van der Waals surface area contributed by atoms with E-state index in [2.05, 4.69) is 14.7 Å². The summed E-state index contributed by atoms with van der Waals surface area (Å²) in [5.74, 6) is 0. The van der Waals surface area contributed by atoms with Crippen LogP contribution in [-0.4, -0.2) is 18.4 Å². The van der Waals surface area contributed by atoms with Crippen molar-refractivity contribution in [1.82, 2.24) is 9.97 Å². The summed E-state index contributed by atoms with van der Waals surface area (Å²) in [6.45, 7) is 7.52. The first-order valence-corrected chi connectivity index (χ1v) is 11.5. The number of rotatable bonds is 4. The van der Waals surface area contributed by atoms with Crippen LogP contribution in [-0.2, 0) is 10.0 Å². The fourth-order valence-electron chi connectivity index (χ4n) is 3.65. The Morgan fingerprint density at radius 2 is 1.69 bits per heavy atom. The number of fused-ring (bicyclic) bond motifs is 1. The number of nitrogens with zero attached hydrogens (tertiary/aromatic N) is 2. The molecule has 0 bridgehead atoms. The number of hydrogen-bond acceptors (Lipinski definition) is 5. The van der Waals surface area contributed by atoms with Crippen molar-refractivity contribution in [3.05, 3.63) is 70.9 Å². The first-order chi connectivity index (χ1) is 13.8. The van der Waals surface area contributed by atoms with Gasteiger partial charge in [-0.3, -0.25) is 4.72 Å². The highest BCUT2D eigenvalue weighted by molar-refractivity contribution is 7.92. The molecule has 0 amide bonds. The summed E-state index contributed by atoms with van der Waals surface area (Å²) in [6.07, 6.45) is 1.74. The smallest absolute Gasteiger partial charge is 0.262 e. The largest absolute Gasteiger partial charge is 0.279 e. The molecule has 2 aromatic heterocycles. The first kappa shape index (κ1) is 19.5. The lowest BCUT2D eigenvalue weighted by Crippen LogP contribution is -2.16. The molecule has 0 fully saturated rings. The molecule has 0 saturated heterocycles.